The second kappa shape index (κ2) is 9.48. The van der Waals surface area contributed by atoms with Gasteiger partial charge in [-0.25, -0.2) is 9.18 Å². The van der Waals surface area contributed by atoms with Gasteiger partial charge in [-0.05, 0) is 56.9 Å². The molecule has 3 aromatic rings. The number of halogens is 1. The second-order valence-corrected chi connectivity index (χ2v) is 7.40. The number of phenols is 1. The number of aromatic nitrogens is 2. The van der Waals surface area contributed by atoms with Gasteiger partial charge in [-0.15, -0.1) is 0 Å². The highest BCUT2D eigenvalue weighted by atomic mass is 19.1. The third-order valence-corrected chi connectivity index (χ3v) is 4.62. The number of nitrogens with one attached hydrogen (secondary N) is 2. The molecular weight excluding hydrogens is 401 g/mol. The number of hydrogen-bond acceptors (Lipinski definition) is 5. The predicted molar refractivity (Wildman–Crippen MR) is 118 cm³/mol. The van der Waals surface area contributed by atoms with Crippen LogP contribution in [0.1, 0.15) is 5.56 Å². The number of ether oxygens (including phenoxy) is 1. The Morgan fingerprint density at radius 1 is 1.23 bits per heavy atom. The van der Waals surface area contributed by atoms with Gasteiger partial charge in [0.25, 0.3) is 0 Å². The van der Waals surface area contributed by atoms with Crippen molar-refractivity contribution in [2.75, 3.05) is 37.9 Å². The first-order chi connectivity index (χ1) is 14.7. The first kappa shape index (κ1) is 22.1. The van der Waals surface area contributed by atoms with Gasteiger partial charge in [0.2, 0.25) is 0 Å². The third-order valence-electron chi connectivity index (χ3n) is 4.62. The summed E-state index contributed by atoms with van der Waals surface area (Å²) in [5.74, 6) is -0.272. The average Bonchev–Trinajstić information content (AvgIpc) is 3.03. The number of carbonyl (C=O) groups is 1. The number of likely N-dealkylation sites (N-methyl/N-ethyl adjacent to an activating group) is 1. The summed E-state index contributed by atoms with van der Waals surface area (Å²) >= 11 is 0. The Bertz CT molecular complexity index is 1060. The smallest absolute Gasteiger partial charge is 0.323 e. The van der Waals surface area contributed by atoms with Crippen LogP contribution >= 0.6 is 0 Å². The highest BCUT2D eigenvalue weighted by Crippen LogP contribution is 2.34. The van der Waals surface area contributed by atoms with E-state index < -0.39 is 11.8 Å². The van der Waals surface area contributed by atoms with Crippen LogP contribution in [0.2, 0.25) is 0 Å². The van der Waals surface area contributed by atoms with Gasteiger partial charge < -0.3 is 25.4 Å². The average molecular weight is 427 g/mol. The predicted octanol–water partition coefficient (Wildman–Crippen LogP) is 3.82. The number of benzene rings is 2. The van der Waals surface area contributed by atoms with Gasteiger partial charge in [-0.1, -0.05) is 0 Å². The maximum Gasteiger partial charge on any atom is 0.323 e. The molecule has 0 unspecified atom stereocenters. The van der Waals surface area contributed by atoms with E-state index in [1.165, 1.54) is 6.07 Å². The lowest BCUT2D eigenvalue weighted by Crippen LogP contribution is -2.20. The molecule has 0 aliphatic rings. The van der Waals surface area contributed by atoms with E-state index in [4.69, 9.17) is 4.74 Å². The van der Waals surface area contributed by atoms with E-state index in [1.807, 2.05) is 33.0 Å². The quantitative estimate of drug-likeness (QED) is 0.499. The molecular formula is C22H26FN5O3. The van der Waals surface area contributed by atoms with Crippen LogP contribution in [0.25, 0.3) is 11.3 Å². The Balaban J connectivity index is 1.84. The van der Waals surface area contributed by atoms with Crippen molar-refractivity contribution in [2.24, 2.45) is 7.05 Å². The summed E-state index contributed by atoms with van der Waals surface area (Å²) in [6.07, 6.45) is 1.77. The largest absolute Gasteiger partial charge is 0.506 e. The molecule has 1 heterocycles. The molecule has 0 saturated heterocycles. The molecule has 0 atom stereocenters. The minimum Gasteiger partial charge on any atom is -0.506 e. The summed E-state index contributed by atoms with van der Waals surface area (Å²) in [5.41, 5.74) is 3.26. The molecule has 2 amide bonds. The number of hydrogen-bond donors (Lipinski definition) is 3. The maximum absolute atomic E-state index is 13.1. The summed E-state index contributed by atoms with van der Waals surface area (Å²) in [6.45, 7) is 3.22. The fraction of sp³-hybridized carbons (Fsp3) is 0.273. The molecule has 164 valence electrons. The minimum absolute atomic E-state index is 0.102. The fourth-order valence-electron chi connectivity index (χ4n) is 3.09. The van der Waals surface area contributed by atoms with Crippen LogP contribution in [0.15, 0.2) is 42.6 Å². The monoisotopic (exact) mass is 427 g/mol. The number of carbonyl (C=O) groups excluding carboxylic acids is 1. The Morgan fingerprint density at radius 2 is 2.00 bits per heavy atom. The normalized spacial score (nSPS) is 10.9. The maximum atomic E-state index is 13.1. The number of aromatic hydroxyl groups is 1. The molecule has 31 heavy (non-hydrogen) atoms. The summed E-state index contributed by atoms with van der Waals surface area (Å²) in [6, 6.07) is 8.12. The molecule has 1 aromatic heterocycles. The van der Waals surface area contributed by atoms with Crippen molar-refractivity contribution in [2.45, 2.75) is 6.92 Å². The van der Waals surface area contributed by atoms with Crippen molar-refractivity contribution in [1.29, 1.82) is 0 Å². The van der Waals surface area contributed by atoms with Gasteiger partial charge >= 0.3 is 6.03 Å². The summed E-state index contributed by atoms with van der Waals surface area (Å²) in [4.78, 5) is 14.4. The Labute approximate surface area is 180 Å². The number of rotatable bonds is 7. The molecule has 0 aliphatic carbocycles. The first-order valence-corrected chi connectivity index (χ1v) is 9.71. The van der Waals surface area contributed by atoms with Crippen LogP contribution in [0.3, 0.4) is 0 Å². The molecule has 8 nitrogen and oxygen atoms in total. The van der Waals surface area contributed by atoms with Gasteiger partial charge in [0, 0.05) is 30.9 Å². The molecule has 0 aliphatic heterocycles. The second-order valence-electron chi connectivity index (χ2n) is 7.40. The number of urea groups is 1. The zero-order chi connectivity index (χ0) is 22.5. The number of amides is 2. The third kappa shape index (κ3) is 5.52. The fourth-order valence-corrected chi connectivity index (χ4v) is 3.09. The Kier molecular flexibility index (Phi) is 6.76. The zero-order valence-electron chi connectivity index (χ0n) is 17.9. The van der Waals surface area contributed by atoms with Gasteiger partial charge in [0.05, 0.1) is 17.6 Å². The summed E-state index contributed by atoms with van der Waals surface area (Å²) in [7, 11) is 5.79. The Hall–Kier alpha value is -3.59. The van der Waals surface area contributed by atoms with Crippen LogP contribution in [0.4, 0.5) is 20.6 Å². The van der Waals surface area contributed by atoms with Gasteiger partial charge in [-0.2, -0.15) is 5.10 Å². The molecule has 2 aromatic carbocycles. The lowest BCUT2D eigenvalue weighted by Gasteiger charge is -2.16. The molecule has 3 N–H and O–H groups in total. The van der Waals surface area contributed by atoms with E-state index in [0.29, 0.717) is 18.0 Å². The highest BCUT2D eigenvalue weighted by Gasteiger charge is 2.16. The highest BCUT2D eigenvalue weighted by molar-refractivity contribution is 6.01. The van der Waals surface area contributed by atoms with E-state index in [-0.39, 0.29) is 11.4 Å². The van der Waals surface area contributed by atoms with E-state index >= 15 is 0 Å². The van der Waals surface area contributed by atoms with Gasteiger partial charge in [0.15, 0.2) is 0 Å². The van der Waals surface area contributed by atoms with Crippen molar-refractivity contribution in [3.63, 3.8) is 0 Å². The molecule has 0 fully saturated rings. The molecule has 0 radical (unpaired) electrons. The van der Waals surface area contributed by atoms with Crippen molar-refractivity contribution >= 4 is 17.4 Å². The minimum atomic E-state index is -0.593. The van der Waals surface area contributed by atoms with E-state index in [1.54, 1.807) is 29.1 Å². The first-order valence-electron chi connectivity index (χ1n) is 9.71. The molecule has 9 heteroatoms. The van der Waals surface area contributed by atoms with Gasteiger partial charge in [0.1, 0.15) is 23.9 Å². The summed E-state index contributed by atoms with van der Waals surface area (Å²) in [5, 5.41) is 19.3. The van der Waals surface area contributed by atoms with E-state index in [0.717, 1.165) is 35.5 Å². The Morgan fingerprint density at radius 3 is 2.65 bits per heavy atom. The topological polar surface area (TPSA) is 91.7 Å². The molecule has 0 saturated carbocycles. The molecule has 0 spiro atoms. The van der Waals surface area contributed by atoms with Crippen LogP contribution in [-0.2, 0) is 7.05 Å². The molecule has 0 bridgehead atoms. The van der Waals surface area contributed by atoms with Crippen LogP contribution in [-0.4, -0.2) is 53.1 Å². The van der Waals surface area contributed by atoms with Crippen molar-refractivity contribution in [3.05, 3.63) is 54.0 Å². The standard InChI is InChI=1S/C22H26FN5O3/c1-14-13-24-28(4)21(14)17-12-16(6-8-20(17)31-10-9-27(2)3)25-22(30)26-18-7-5-15(23)11-19(18)29/h5-8,11-13,29H,9-10H2,1-4H3,(H2,25,26,30). The number of anilines is 2. The van der Waals surface area contributed by atoms with Crippen molar-refractivity contribution < 1.29 is 19.0 Å². The zero-order valence-corrected chi connectivity index (χ0v) is 17.9. The van der Waals surface area contributed by atoms with Crippen LogP contribution in [0, 0.1) is 12.7 Å². The lowest BCUT2D eigenvalue weighted by molar-refractivity contribution is 0.261. The van der Waals surface area contributed by atoms with E-state index in [9.17, 15) is 14.3 Å². The van der Waals surface area contributed by atoms with E-state index in [2.05, 4.69) is 15.7 Å². The van der Waals surface area contributed by atoms with Gasteiger partial charge in [-0.3, -0.25) is 4.68 Å². The number of aryl methyl sites for hydroxylation is 2. The number of phenolic OH excluding ortho intramolecular Hbond substituents is 1. The van der Waals surface area contributed by atoms with Crippen molar-refractivity contribution in [3.8, 4) is 22.8 Å². The van der Waals surface area contributed by atoms with Crippen LogP contribution in [0.5, 0.6) is 11.5 Å². The SMILES string of the molecule is Cc1cnn(C)c1-c1cc(NC(=O)Nc2ccc(F)cc2O)ccc1OCCN(C)C. The lowest BCUT2D eigenvalue weighted by atomic mass is 10.1. The summed E-state index contributed by atoms with van der Waals surface area (Å²) < 4.78 is 20.9. The van der Waals surface area contributed by atoms with Crippen LogP contribution < -0.4 is 15.4 Å². The number of nitrogens with zero attached hydrogens (tertiary/aromatic N) is 3. The van der Waals surface area contributed by atoms with Crippen molar-refractivity contribution in [1.82, 2.24) is 14.7 Å². The molecule has 3 rings (SSSR count).